The Morgan fingerprint density at radius 1 is 1.00 bits per heavy atom. The minimum atomic E-state index is -3.96. The molecule has 1 atom stereocenters. The number of aryl methyl sites for hydroxylation is 1. The van der Waals surface area contributed by atoms with E-state index in [1.165, 1.54) is 24.3 Å². The van der Waals surface area contributed by atoms with Gasteiger partial charge in [-0.25, -0.2) is 4.39 Å². The number of rotatable bonds is 5. The summed E-state index contributed by atoms with van der Waals surface area (Å²) in [6.07, 6.45) is -1.00. The Kier molecular flexibility index (Phi) is 4.78. The zero-order valence-electron chi connectivity index (χ0n) is 15.0. The molecule has 7 heteroatoms. The van der Waals surface area contributed by atoms with Crippen LogP contribution in [0.2, 0.25) is 0 Å². The molecule has 1 aliphatic heterocycles. The van der Waals surface area contributed by atoms with Crippen molar-refractivity contribution in [1.82, 2.24) is 0 Å². The fourth-order valence-electron chi connectivity index (χ4n) is 2.89. The van der Waals surface area contributed by atoms with E-state index in [1.807, 2.05) is 37.3 Å². The molecule has 0 aliphatic carbocycles. The predicted octanol–water partition coefficient (Wildman–Crippen LogP) is 4.30. The number of hydrogen-bond donors (Lipinski definition) is 0. The molecule has 3 aromatic carbocycles. The van der Waals surface area contributed by atoms with E-state index in [4.69, 9.17) is 13.7 Å². The summed E-state index contributed by atoms with van der Waals surface area (Å²) in [5.74, 6) is 0.0872. The van der Waals surface area contributed by atoms with Crippen LogP contribution >= 0.6 is 0 Å². The largest absolute Gasteiger partial charge is 0.448 e. The van der Waals surface area contributed by atoms with E-state index in [1.54, 1.807) is 12.1 Å². The van der Waals surface area contributed by atoms with E-state index in [-0.39, 0.29) is 17.3 Å². The van der Waals surface area contributed by atoms with E-state index in [9.17, 15) is 12.8 Å². The summed E-state index contributed by atoms with van der Waals surface area (Å²) in [4.78, 5) is 0.0460. The van der Waals surface area contributed by atoms with Crippen molar-refractivity contribution < 1.29 is 26.5 Å². The van der Waals surface area contributed by atoms with Crippen molar-refractivity contribution in [2.24, 2.45) is 0 Å². The number of benzene rings is 3. The van der Waals surface area contributed by atoms with Crippen LogP contribution in [0.5, 0.6) is 11.5 Å². The molecule has 0 N–H and O–H groups in total. The second-order valence-corrected chi connectivity index (χ2v) is 7.98. The van der Waals surface area contributed by atoms with Crippen LogP contribution in [-0.4, -0.2) is 21.3 Å². The van der Waals surface area contributed by atoms with Gasteiger partial charge in [0.25, 0.3) is 16.4 Å². The molecule has 144 valence electrons. The molecule has 1 unspecified atom stereocenters. The van der Waals surface area contributed by atoms with Gasteiger partial charge in [-0.3, -0.25) is 4.18 Å². The van der Waals surface area contributed by atoms with Gasteiger partial charge in [-0.2, -0.15) is 8.42 Å². The molecule has 5 nitrogen and oxygen atoms in total. The summed E-state index contributed by atoms with van der Waals surface area (Å²) in [5.41, 5.74) is 2.22. The average molecular weight is 400 g/mol. The van der Waals surface area contributed by atoms with Crippen LogP contribution < -0.4 is 9.47 Å². The van der Waals surface area contributed by atoms with E-state index in [2.05, 4.69) is 0 Å². The molecule has 3 aromatic rings. The lowest BCUT2D eigenvalue weighted by atomic mass is 10.0. The quantitative estimate of drug-likeness (QED) is 0.598. The van der Waals surface area contributed by atoms with Gasteiger partial charge in [-0.05, 0) is 30.7 Å². The summed E-state index contributed by atoms with van der Waals surface area (Å²) in [7, 11) is -3.96. The van der Waals surface area contributed by atoms with Crippen molar-refractivity contribution in [2.45, 2.75) is 18.1 Å². The number of ether oxygens (including phenoxy) is 2. The first-order valence-corrected chi connectivity index (χ1v) is 10.0. The predicted molar refractivity (Wildman–Crippen MR) is 101 cm³/mol. The molecule has 1 aliphatic rings. The monoisotopic (exact) mass is 400 g/mol. The SMILES string of the molecule is Cc1ccc(S(=O)(=O)OCC2Oc3cc(F)cc(-c4ccccc4)c3O2)cc1. The highest BCUT2D eigenvalue weighted by atomic mass is 32.2. The Bertz CT molecular complexity index is 1100. The molecule has 0 fully saturated rings. The second kappa shape index (κ2) is 7.26. The molecule has 0 bridgehead atoms. The number of halogens is 1. The van der Waals surface area contributed by atoms with Crippen LogP contribution in [0.25, 0.3) is 11.1 Å². The van der Waals surface area contributed by atoms with E-state index in [0.717, 1.165) is 11.1 Å². The van der Waals surface area contributed by atoms with Gasteiger partial charge in [0.15, 0.2) is 11.5 Å². The standard InChI is InChI=1S/C21H17FO5S/c1-14-7-9-17(10-8-14)28(23,24)25-13-20-26-19-12-16(22)11-18(21(19)27-20)15-5-3-2-4-6-15/h2-12,20H,13H2,1H3. The first-order valence-electron chi connectivity index (χ1n) is 8.61. The first kappa shape index (κ1) is 18.5. The molecule has 0 radical (unpaired) electrons. The highest BCUT2D eigenvalue weighted by molar-refractivity contribution is 7.86. The van der Waals surface area contributed by atoms with Crippen LogP contribution in [-0.2, 0) is 14.3 Å². The smallest absolute Gasteiger partial charge is 0.297 e. The van der Waals surface area contributed by atoms with Gasteiger partial charge in [0.05, 0.1) is 4.90 Å². The number of fused-ring (bicyclic) bond motifs is 1. The maximum Gasteiger partial charge on any atom is 0.297 e. The van der Waals surface area contributed by atoms with Crippen LogP contribution in [0.1, 0.15) is 5.56 Å². The summed E-state index contributed by atoms with van der Waals surface area (Å²) in [6, 6.07) is 18.0. The topological polar surface area (TPSA) is 61.8 Å². The van der Waals surface area contributed by atoms with Crippen molar-refractivity contribution in [3.05, 3.63) is 78.1 Å². The van der Waals surface area contributed by atoms with E-state index >= 15 is 0 Å². The maximum atomic E-state index is 14.0. The van der Waals surface area contributed by atoms with Gasteiger partial charge in [-0.15, -0.1) is 0 Å². The molecule has 0 aromatic heterocycles. The minimum Gasteiger partial charge on any atom is -0.448 e. The molecule has 0 saturated heterocycles. The van der Waals surface area contributed by atoms with Crippen LogP contribution in [0, 0.1) is 12.7 Å². The van der Waals surface area contributed by atoms with Crippen molar-refractivity contribution in [2.75, 3.05) is 6.61 Å². The fourth-order valence-corrected chi connectivity index (χ4v) is 3.79. The van der Waals surface area contributed by atoms with Crippen molar-refractivity contribution in [3.8, 4) is 22.6 Å². The zero-order valence-corrected chi connectivity index (χ0v) is 15.8. The molecular formula is C21H17FO5S. The third-order valence-electron chi connectivity index (χ3n) is 4.28. The summed E-state index contributed by atoms with van der Waals surface area (Å²) < 4.78 is 55.0. The van der Waals surface area contributed by atoms with E-state index in [0.29, 0.717) is 11.3 Å². The van der Waals surface area contributed by atoms with Gasteiger partial charge in [-0.1, -0.05) is 48.0 Å². The fraction of sp³-hybridized carbons (Fsp3) is 0.143. The molecule has 4 rings (SSSR count). The second-order valence-electron chi connectivity index (χ2n) is 6.36. The average Bonchev–Trinajstić information content (AvgIpc) is 3.10. The van der Waals surface area contributed by atoms with Crippen molar-refractivity contribution >= 4 is 10.1 Å². The summed E-state index contributed by atoms with van der Waals surface area (Å²) in [5, 5.41) is 0. The molecule has 0 spiro atoms. The van der Waals surface area contributed by atoms with Gasteiger partial charge in [0.2, 0.25) is 0 Å². The Balaban J connectivity index is 1.52. The third kappa shape index (κ3) is 3.72. The van der Waals surface area contributed by atoms with Crippen LogP contribution in [0.3, 0.4) is 0 Å². The van der Waals surface area contributed by atoms with E-state index < -0.39 is 22.2 Å². The Labute approximate surface area is 162 Å². The highest BCUT2D eigenvalue weighted by Gasteiger charge is 2.30. The van der Waals surface area contributed by atoms with Gasteiger partial charge in [0.1, 0.15) is 12.4 Å². The maximum absolute atomic E-state index is 14.0. The Hall–Kier alpha value is -2.90. The molecular weight excluding hydrogens is 383 g/mol. The normalized spacial score (nSPS) is 15.6. The molecule has 1 heterocycles. The van der Waals surface area contributed by atoms with Crippen LogP contribution in [0.4, 0.5) is 4.39 Å². The summed E-state index contributed by atoms with van der Waals surface area (Å²) in [6.45, 7) is 1.50. The third-order valence-corrected chi connectivity index (χ3v) is 5.58. The number of hydrogen-bond acceptors (Lipinski definition) is 5. The van der Waals surface area contributed by atoms with Crippen molar-refractivity contribution in [3.63, 3.8) is 0 Å². The highest BCUT2D eigenvalue weighted by Crippen LogP contribution is 2.43. The van der Waals surface area contributed by atoms with Crippen molar-refractivity contribution in [1.29, 1.82) is 0 Å². The van der Waals surface area contributed by atoms with Gasteiger partial charge in [0, 0.05) is 11.6 Å². The molecule has 0 saturated carbocycles. The zero-order chi connectivity index (χ0) is 19.7. The Morgan fingerprint density at radius 2 is 1.71 bits per heavy atom. The first-order chi connectivity index (χ1) is 13.4. The lowest BCUT2D eigenvalue weighted by Gasteiger charge is -2.11. The Morgan fingerprint density at radius 3 is 2.43 bits per heavy atom. The van der Waals surface area contributed by atoms with Gasteiger partial charge >= 0.3 is 0 Å². The molecule has 28 heavy (non-hydrogen) atoms. The van der Waals surface area contributed by atoms with Gasteiger partial charge < -0.3 is 9.47 Å². The lowest BCUT2D eigenvalue weighted by Crippen LogP contribution is -2.26. The molecule has 0 amide bonds. The van der Waals surface area contributed by atoms with Crippen LogP contribution in [0.15, 0.2) is 71.6 Å². The lowest BCUT2D eigenvalue weighted by molar-refractivity contribution is 0.00988. The minimum absolute atomic E-state index is 0.0460. The summed E-state index contributed by atoms with van der Waals surface area (Å²) >= 11 is 0.